The second-order valence-corrected chi connectivity index (χ2v) is 12.7. The second kappa shape index (κ2) is 11.3. The Hall–Kier alpha value is -3.56. The third kappa shape index (κ3) is 6.72. The molecule has 0 aliphatic rings. The van der Waals surface area contributed by atoms with Gasteiger partial charge in [0.1, 0.15) is 6.54 Å². The molecule has 1 aromatic heterocycles. The first-order chi connectivity index (χ1) is 18.4. The molecule has 39 heavy (non-hydrogen) atoms. The van der Waals surface area contributed by atoms with Gasteiger partial charge in [-0.15, -0.1) is 0 Å². The molecular formula is C24H21ClN4O7S3. The van der Waals surface area contributed by atoms with Gasteiger partial charge in [0.05, 0.1) is 26.6 Å². The molecular weight excluding hydrogens is 588 g/mol. The van der Waals surface area contributed by atoms with E-state index >= 15 is 0 Å². The maximum absolute atomic E-state index is 13.0. The van der Waals surface area contributed by atoms with Crippen LogP contribution in [0.1, 0.15) is 17.3 Å². The first-order valence-electron chi connectivity index (χ1n) is 11.2. The van der Waals surface area contributed by atoms with Crippen LogP contribution in [0.4, 0.5) is 5.69 Å². The van der Waals surface area contributed by atoms with Crippen molar-refractivity contribution in [3.05, 3.63) is 82.1 Å². The minimum Gasteiger partial charge on any atom is -0.465 e. The van der Waals surface area contributed by atoms with Crippen molar-refractivity contribution in [2.75, 3.05) is 11.3 Å². The Kier molecular flexibility index (Phi) is 8.23. The van der Waals surface area contributed by atoms with Crippen molar-refractivity contribution in [3.63, 3.8) is 0 Å². The number of nitrogens with two attached hydrogens (primary N) is 1. The zero-order valence-corrected chi connectivity index (χ0v) is 23.4. The molecule has 0 saturated heterocycles. The lowest BCUT2D eigenvalue weighted by atomic mass is 10.2. The predicted molar refractivity (Wildman–Crippen MR) is 146 cm³/mol. The zero-order valence-electron chi connectivity index (χ0n) is 20.2. The summed E-state index contributed by atoms with van der Waals surface area (Å²) < 4.78 is 58.1. The van der Waals surface area contributed by atoms with Crippen LogP contribution < -0.4 is 14.7 Å². The highest BCUT2D eigenvalue weighted by Gasteiger charge is 2.17. The Morgan fingerprint density at radius 3 is 2.26 bits per heavy atom. The van der Waals surface area contributed by atoms with E-state index < -0.39 is 31.9 Å². The summed E-state index contributed by atoms with van der Waals surface area (Å²) in [5, 5.41) is 5.63. The highest BCUT2D eigenvalue weighted by molar-refractivity contribution is 7.92. The Labute approximate surface area is 232 Å². The predicted octanol–water partition coefficient (Wildman–Crippen LogP) is 3.11. The number of hydrogen-bond acceptors (Lipinski definition) is 8. The fourth-order valence-corrected chi connectivity index (χ4v) is 6.33. The van der Waals surface area contributed by atoms with Crippen molar-refractivity contribution in [2.45, 2.75) is 23.3 Å². The van der Waals surface area contributed by atoms with Gasteiger partial charge in [0.2, 0.25) is 10.0 Å². The number of fused-ring (bicyclic) bond motifs is 1. The van der Waals surface area contributed by atoms with Crippen molar-refractivity contribution in [3.8, 4) is 0 Å². The summed E-state index contributed by atoms with van der Waals surface area (Å²) in [6.45, 7) is 1.54. The number of nitrogens with one attached hydrogen (secondary N) is 1. The van der Waals surface area contributed by atoms with Crippen LogP contribution >= 0.6 is 22.9 Å². The molecule has 0 spiro atoms. The van der Waals surface area contributed by atoms with Gasteiger partial charge in [-0.05, 0) is 73.7 Å². The summed E-state index contributed by atoms with van der Waals surface area (Å²) in [7, 11) is -7.86. The molecule has 0 fully saturated rings. The van der Waals surface area contributed by atoms with E-state index in [1.807, 2.05) is 0 Å². The van der Waals surface area contributed by atoms with Gasteiger partial charge in [-0.2, -0.15) is 4.99 Å². The molecule has 0 atom stereocenters. The maximum atomic E-state index is 13.0. The molecule has 11 nitrogen and oxygen atoms in total. The minimum absolute atomic E-state index is 0.0172. The number of hydrogen-bond donors (Lipinski definition) is 2. The molecule has 0 unspecified atom stereocenters. The van der Waals surface area contributed by atoms with E-state index in [4.69, 9.17) is 21.5 Å². The number of benzene rings is 3. The fraction of sp³-hybridized carbons (Fsp3) is 0.125. The number of sulfonamides is 2. The summed E-state index contributed by atoms with van der Waals surface area (Å²) in [6, 6.07) is 15.3. The number of halogens is 1. The Morgan fingerprint density at radius 1 is 1.00 bits per heavy atom. The van der Waals surface area contributed by atoms with Crippen LogP contribution in [0.5, 0.6) is 0 Å². The number of nitrogens with zero attached hydrogens (tertiary/aromatic N) is 2. The Morgan fingerprint density at radius 2 is 1.64 bits per heavy atom. The smallest absolute Gasteiger partial charge is 0.326 e. The summed E-state index contributed by atoms with van der Waals surface area (Å²) in [4.78, 5) is 29.3. The topological polar surface area (TPSA) is 167 Å². The number of carbonyl (C=O) groups is 2. The summed E-state index contributed by atoms with van der Waals surface area (Å²) in [5.74, 6) is -1.24. The van der Waals surface area contributed by atoms with Crippen LogP contribution in [0.15, 0.2) is 81.5 Å². The zero-order chi connectivity index (χ0) is 28.4. The third-order valence-electron chi connectivity index (χ3n) is 5.28. The number of esters is 1. The largest absolute Gasteiger partial charge is 0.465 e. The summed E-state index contributed by atoms with van der Waals surface area (Å²) in [6.07, 6.45) is 0. The van der Waals surface area contributed by atoms with E-state index in [2.05, 4.69) is 9.71 Å². The monoisotopic (exact) mass is 608 g/mol. The molecule has 1 amide bonds. The van der Waals surface area contributed by atoms with Crippen LogP contribution in [0.25, 0.3) is 10.2 Å². The lowest BCUT2D eigenvalue weighted by Gasteiger charge is -2.08. The van der Waals surface area contributed by atoms with Gasteiger partial charge in [0.15, 0.2) is 4.80 Å². The van der Waals surface area contributed by atoms with Gasteiger partial charge in [0.25, 0.3) is 15.9 Å². The second-order valence-electron chi connectivity index (χ2n) is 8.00. The van der Waals surface area contributed by atoms with E-state index in [0.717, 1.165) is 11.3 Å². The van der Waals surface area contributed by atoms with E-state index in [1.54, 1.807) is 6.92 Å². The Balaban J connectivity index is 1.66. The molecule has 3 N–H and O–H groups in total. The lowest BCUT2D eigenvalue weighted by Crippen LogP contribution is -2.23. The molecule has 0 saturated carbocycles. The van der Waals surface area contributed by atoms with Gasteiger partial charge in [-0.1, -0.05) is 22.9 Å². The molecule has 0 aliphatic carbocycles. The fourth-order valence-electron chi connectivity index (χ4n) is 3.46. The quantitative estimate of drug-likeness (QED) is 0.290. The molecule has 0 aliphatic heterocycles. The molecule has 15 heteroatoms. The number of rotatable bonds is 8. The van der Waals surface area contributed by atoms with Crippen molar-refractivity contribution < 1.29 is 31.2 Å². The van der Waals surface area contributed by atoms with E-state index in [1.165, 1.54) is 71.3 Å². The van der Waals surface area contributed by atoms with Crippen LogP contribution in [0.3, 0.4) is 0 Å². The normalized spacial score (nSPS) is 12.4. The first-order valence-corrected chi connectivity index (χ1v) is 15.4. The Bertz CT molecular complexity index is 1850. The van der Waals surface area contributed by atoms with Crippen LogP contribution in [-0.4, -0.2) is 39.9 Å². The highest BCUT2D eigenvalue weighted by Crippen LogP contribution is 2.22. The molecule has 0 bridgehead atoms. The van der Waals surface area contributed by atoms with Gasteiger partial charge in [0, 0.05) is 16.3 Å². The summed E-state index contributed by atoms with van der Waals surface area (Å²) >= 11 is 6.81. The molecule has 1 heterocycles. The maximum Gasteiger partial charge on any atom is 0.326 e. The van der Waals surface area contributed by atoms with E-state index in [9.17, 15) is 26.4 Å². The van der Waals surface area contributed by atoms with Crippen LogP contribution in [0.2, 0.25) is 5.02 Å². The van der Waals surface area contributed by atoms with Gasteiger partial charge >= 0.3 is 5.97 Å². The van der Waals surface area contributed by atoms with Gasteiger partial charge in [-0.3, -0.25) is 14.3 Å². The van der Waals surface area contributed by atoms with E-state index in [-0.39, 0.29) is 39.0 Å². The van der Waals surface area contributed by atoms with Crippen molar-refractivity contribution in [1.82, 2.24) is 4.57 Å². The van der Waals surface area contributed by atoms with Crippen LogP contribution in [-0.2, 0) is 36.1 Å². The minimum atomic E-state index is -3.98. The highest BCUT2D eigenvalue weighted by atomic mass is 35.5. The third-order valence-corrected chi connectivity index (χ3v) is 8.88. The number of thiazole rings is 1. The van der Waals surface area contributed by atoms with E-state index in [0.29, 0.717) is 15.2 Å². The SMILES string of the molecule is CCOC(=O)Cn1c(=NC(=O)c2ccc(NS(=O)(=O)c3ccc(Cl)cc3)cc2)sc2cc(S(N)(=O)=O)ccc21. The van der Waals surface area contributed by atoms with Gasteiger partial charge in [-0.25, -0.2) is 22.0 Å². The number of carbonyl (C=O) groups excluding carboxylic acids is 2. The number of amides is 1. The van der Waals surface area contributed by atoms with Gasteiger partial charge < -0.3 is 9.30 Å². The first kappa shape index (κ1) is 28.4. The average Bonchev–Trinajstić information content (AvgIpc) is 3.20. The molecule has 3 aromatic carbocycles. The number of anilines is 1. The van der Waals surface area contributed by atoms with Crippen LogP contribution in [0, 0.1) is 0 Å². The van der Waals surface area contributed by atoms with Crippen molar-refractivity contribution in [2.24, 2.45) is 10.1 Å². The molecule has 4 rings (SSSR count). The molecule has 4 aromatic rings. The summed E-state index contributed by atoms with van der Waals surface area (Å²) in [5.41, 5.74) is 0.824. The molecule has 0 radical (unpaired) electrons. The van der Waals surface area contributed by atoms with Crippen molar-refractivity contribution >= 4 is 70.8 Å². The lowest BCUT2D eigenvalue weighted by molar-refractivity contribution is -0.143. The number of aromatic nitrogens is 1. The number of primary sulfonamides is 1. The van der Waals surface area contributed by atoms with Crippen molar-refractivity contribution in [1.29, 1.82) is 0 Å². The average molecular weight is 609 g/mol. The standard InChI is InChI=1S/C24H21ClN4O7S3/c1-2-36-22(30)14-29-20-12-11-19(38(26,32)33)13-21(20)37-24(29)27-23(31)15-3-7-17(8-4-15)28-39(34,35)18-9-5-16(25)6-10-18/h3-13,28H,2,14H2,1H3,(H2,26,32,33). The number of ether oxygens (including phenoxy) is 1. The molecule has 204 valence electrons.